The van der Waals surface area contributed by atoms with Crippen molar-refractivity contribution in [3.8, 4) is 5.75 Å². The van der Waals surface area contributed by atoms with Crippen LogP contribution in [0.1, 0.15) is 32.3 Å². The number of hydrogen-bond acceptors (Lipinski definition) is 4. The fourth-order valence-corrected chi connectivity index (χ4v) is 4.07. The first-order valence-corrected chi connectivity index (χ1v) is 9.98. The maximum Gasteiger partial charge on any atom is 0.226 e. The molecular weight excluding hydrogens is 328 g/mol. The van der Waals surface area contributed by atoms with Crippen LogP contribution < -0.4 is 4.74 Å². The second-order valence-electron chi connectivity index (χ2n) is 7.36. The van der Waals surface area contributed by atoms with Crippen LogP contribution >= 0.6 is 0 Å². The lowest BCUT2D eigenvalue weighted by atomic mass is 9.89. The van der Waals surface area contributed by atoms with Crippen LogP contribution in [0.25, 0.3) is 0 Å². The molecule has 5 nitrogen and oxygen atoms in total. The summed E-state index contributed by atoms with van der Waals surface area (Å²) < 4.78 is 10.9. The standard InChI is InChI=1S/C21H32N2O3/c1-3-26-20-6-4-18(5-7-20)16-21(24)23-10-8-19(9-11-23)17(2)22-12-14-25-15-13-22/h4-7,17,19H,3,8-16H2,1-2H3/t17-/m0/s1. The smallest absolute Gasteiger partial charge is 0.226 e. The molecule has 1 aromatic carbocycles. The van der Waals surface area contributed by atoms with Crippen molar-refractivity contribution in [3.63, 3.8) is 0 Å². The normalized spacial score (nSPS) is 20.8. The lowest BCUT2D eigenvalue weighted by Crippen LogP contribution is -2.49. The number of likely N-dealkylation sites (tertiary alicyclic amines) is 1. The lowest BCUT2D eigenvalue weighted by molar-refractivity contribution is -0.132. The highest BCUT2D eigenvalue weighted by Crippen LogP contribution is 2.25. The summed E-state index contributed by atoms with van der Waals surface area (Å²) in [6.07, 6.45) is 2.69. The molecule has 0 aromatic heterocycles. The van der Waals surface area contributed by atoms with Gasteiger partial charge in [-0.05, 0) is 50.3 Å². The highest BCUT2D eigenvalue weighted by atomic mass is 16.5. The van der Waals surface area contributed by atoms with Crippen molar-refractivity contribution in [3.05, 3.63) is 29.8 Å². The number of hydrogen-bond donors (Lipinski definition) is 0. The second-order valence-corrected chi connectivity index (χ2v) is 7.36. The number of amides is 1. The van der Waals surface area contributed by atoms with E-state index in [-0.39, 0.29) is 5.91 Å². The third-order valence-electron chi connectivity index (χ3n) is 5.79. The third-order valence-corrected chi connectivity index (χ3v) is 5.79. The maximum atomic E-state index is 12.6. The van der Waals surface area contributed by atoms with Crippen molar-refractivity contribution >= 4 is 5.91 Å². The van der Waals surface area contributed by atoms with E-state index in [0.717, 1.165) is 63.5 Å². The van der Waals surface area contributed by atoms with Crippen LogP contribution in [0.15, 0.2) is 24.3 Å². The molecule has 3 rings (SSSR count). The van der Waals surface area contributed by atoms with Gasteiger partial charge in [-0.25, -0.2) is 0 Å². The molecule has 1 amide bonds. The van der Waals surface area contributed by atoms with E-state index in [2.05, 4.69) is 11.8 Å². The maximum absolute atomic E-state index is 12.6. The van der Waals surface area contributed by atoms with Crippen LogP contribution in [0, 0.1) is 5.92 Å². The van der Waals surface area contributed by atoms with Gasteiger partial charge >= 0.3 is 0 Å². The number of benzene rings is 1. The number of nitrogens with zero attached hydrogens (tertiary/aromatic N) is 2. The number of morpholine rings is 1. The van der Waals surface area contributed by atoms with Crippen molar-refractivity contribution in [2.45, 2.75) is 39.2 Å². The second kappa shape index (κ2) is 9.38. The van der Waals surface area contributed by atoms with E-state index in [1.165, 1.54) is 0 Å². The number of carbonyl (C=O) groups excluding carboxylic acids is 1. The summed E-state index contributed by atoms with van der Waals surface area (Å²) >= 11 is 0. The van der Waals surface area contributed by atoms with Crippen LogP contribution in [0.5, 0.6) is 5.75 Å². The quantitative estimate of drug-likeness (QED) is 0.782. The van der Waals surface area contributed by atoms with E-state index in [1.54, 1.807) is 0 Å². The van der Waals surface area contributed by atoms with E-state index in [4.69, 9.17) is 9.47 Å². The average Bonchev–Trinajstić information content (AvgIpc) is 2.70. The Balaban J connectivity index is 1.45. The molecule has 1 aromatic rings. The van der Waals surface area contributed by atoms with Gasteiger partial charge in [0.2, 0.25) is 5.91 Å². The largest absolute Gasteiger partial charge is 0.494 e. The predicted molar refractivity (Wildman–Crippen MR) is 102 cm³/mol. The van der Waals surface area contributed by atoms with Crippen LogP contribution in [0.4, 0.5) is 0 Å². The Labute approximate surface area is 157 Å². The molecule has 5 heteroatoms. The molecule has 2 aliphatic heterocycles. The Kier molecular flexibility index (Phi) is 6.92. The molecule has 0 aliphatic carbocycles. The SMILES string of the molecule is CCOc1ccc(CC(=O)N2CCC([C@H](C)N3CCOCC3)CC2)cc1. The Hall–Kier alpha value is -1.59. The molecule has 0 N–H and O–H groups in total. The molecule has 2 aliphatic rings. The molecule has 0 bridgehead atoms. The molecular formula is C21H32N2O3. The van der Waals surface area contributed by atoms with Gasteiger partial charge in [0.25, 0.3) is 0 Å². The Bertz CT molecular complexity index is 561. The average molecular weight is 360 g/mol. The van der Waals surface area contributed by atoms with Gasteiger partial charge in [-0.3, -0.25) is 9.69 Å². The highest BCUT2D eigenvalue weighted by Gasteiger charge is 2.29. The zero-order valence-corrected chi connectivity index (χ0v) is 16.2. The van der Waals surface area contributed by atoms with Gasteiger partial charge in [0.05, 0.1) is 26.2 Å². The first kappa shape index (κ1) is 19.2. The van der Waals surface area contributed by atoms with E-state index in [1.807, 2.05) is 36.1 Å². The van der Waals surface area contributed by atoms with Crippen molar-refractivity contribution in [2.75, 3.05) is 46.0 Å². The highest BCUT2D eigenvalue weighted by molar-refractivity contribution is 5.78. The summed E-state index contributed by atoms with van der Waals surface area (Å²) in [6, 6.07) is 8.47. The number of rotatable bonds is 6. The van der Waals surface area contributed by atoms with Crippen LogP contribution in [0.3, 0.4) is 0 Å². The summed E-state index contributed by atoms with van der Waals surface area (Å²) in [5, 5.41) is 0. The summed E-state index contributed by atoms with van der Waals surface area (Å²) in [4.78, 5) is 17.2. The zero-order valence-electron chi connectivity index (χ0n) is 16.2. The molecule has 2 fully saturated rings. The van der Waals surface area contributed by atoms with Gasteiger partial charge in [0.1, 0.15) is 5.75 Å². The fourth-order valence-electron chi connectivity index (χ4n) is 4.07. The van der Waals surface area contributed by atoms with E-state index in [9.17, 15) is 4.79 Å². The molecule has 2 heterocycles. The molecule has 144 valence electrons. The minimum absolute atomic E-state index is 0.242. The molecule has 2 saturated heterocycles. The van der Waals surface area contributed by atoms with Crippen molar-refractivity contribution < 1.29 is 14.3 Å². The van der Waals surface area contributed by atoms with Crippen LogP contribution in [-0.4, -0.2) is 67.7 Å². The van der Waals surface area contributed by atoms with Gasteiger partial charge in [0.15, 0.2) is 0 Å². The predicted octanol–water partition coefficient (Wildman–Crippen LogP) is 2.59. The molecule has 0 saturated carbocycles. The minimum Gasteiger partial charge on any atom is -0.494 e. The number of ether oxygens (including phenoxy) is 2. The van der Waals surface area contributed by atoms with Gasteiger partial charge in [0, 0.05) is 32.2 Å². The summed E-state index contributed by atoms with van der Waals surface area (Å²) in [7, 11) is 0. The first-order chi connectivity index (χ1) is 12.7. The monoisotopic (exact) mass is 360 g/mol. The van der Waals surface area contributed by atoms with Crippen LogP contribution in [0.2, 0.25) is 0 Å². The summed E-state index contributed by atoms with van der Waals surface area (Å²) in [5.74, 6) is 1.79. The summed E-state index contributed by atoms with van der Waals surface area (Å²) in [6.45, 7) is 10.5. The lowest BCUT2D eigenvalue weighted by Gasteiger charge is -2.41. The third kappa shape index (κ3) is 4.98. The van der Waals surface area contributed by atoms with Crippen molar-refractivity contribution in [2.24, 2.45) is 5.92 Å². The van der Waals surface area contributed by atoms with Gasteiger partial charge in [-0.2, -0.15) is 0 Å². The molecule has 0 unspecified atom stereocenters. The zero-order chi connectivity index (χ0) is 18.4. The first-order valence-electron chi connectivity index (χ1n) is 9.98. The Morgan fingerprint density at radius 3 is 2.42 bits per heavy atom. The van der Waals surface area contributed by atoms with E-state index in [0.29, 0.717) is 25.0 Å². The van der Waals surface area contributed by atoms with Gasteiger partial charge in [-0.1, -0.05) is 12.1 Å². The van der Waals surface area contributed by atoms with Crippen molar-refractivity contribution in [1.29, 1.82) is 0 Å². The number of carbonyl (C=O) groups is 1. The number of piperidine rings is 1. The minimum atomic E-state index is 0.242. The van der Waals surface area contributed by atoms with E-state index >= 15 is 0 Å². The van der Waals surface area contributed by atoms with Gasteiger partial charge < -0.3 is 14.4 Å². The van der Waals surface area contributed by atoms with Crippen molar-refractivity contribution in [1.82, 2.24) is 9.80 Å². The topological polar surface area (TPSA) is 42.0 Å². The molecule has 0 radical (unpaired) electrons. The van der Waals surface area contributed by atoms with Crippen LogP contribution in [-0.2, 0) is 16.0 Å². The van der Waals surface area contributed by atoms with Gasteiger partial charge in [-0.15, -0.1) is 0 Å². The van der Waals surface area contributed by atoms with E-state index < -0.39 is 0 Å². The molecule has 1 atom stereocenters. The molecule has 26 heavy (non-hydrogen) atoms. The fraction of sp³-hybridized carbons (Fsp3) is 0.667. The summed E-state index contributed by atoms with van der Waals surface area (Å²) in [5.41, 5.74) is 1.06. The Morgan fingerprint density at radius 2 is 1.81 bits per heavy atom. The Morgan fingerprint density at radius 1 is 1.15 bits per heavy atom. The molecule has 0 spiro atoms.